The number of rotatable bonds is 3. The van der Waals surface area contributed by atoms with Crippen LogP contribution in [0.5, 0.6) is 0 Å². The van der Waals surface area contributed by atoms with E-state index < -0.39 is 11.7 Å². The molecule has 0 radical (unpaired) electrons. The van der Waals surface area contributed by atoms with Crippen molar-refractivity contribution >= 4 is 40.5 Å². The molecule has 0 unspecified atom stereocenters. The van der Waals surface area contributed by atoms with Crippen molar-refractivity contribution in [3.8, 4) is 0 Å². The number of nitrogens with two attached hydrogens (primary N) is 1. The number of hydrazine groups is 1. The average Bonchev–Trinajstić information content (AvgIpc) is 2.41. The van der Waals surface area contributed by atoms with E-state index in [-0.39, 0.29) is 16.3 Å². The van der Waals surface area contributed by atoms with Crippen molar-refractivity contribution in [2.45, 2.75) is 0 Å². The van der Waals surface area contributed by atoms with Crippen LogP contribution in [0.2, 0.25) is 10.0 Å². The molecular weight excluding hydrogens is 304 g/mol. The van der Waals surface area contributed by atoms with Crippen molar-refractivity contribution in [3.05, 3.63) is 57.8 Å². The quantitative estimate of drug-likeness (QED) is 0.598. The number of nitrogen functional groups attached to an aromatic ring is 1. The smallest absolute Gasteiger partial charge is 0.257 e. The third-order valence-corrected chi connectivity index (χ3v) is 3.13. The third kappa shape index (κ3) is 3.01. The highest BCUT2D eigenvalue weighted by Crippen LogP contribution is 2.27. The van der Waals surface area contributed by atoms with Gasteiger partial charge in [-0.2, -0.15) is 0 Å². The molecule has 20 heavy (non-hydrogen) atoms. The number of anilines is 2. The molecule has 0 aliphatic heterocycles. The van der Waals surface area contributed by atoms with Gasteiger partial charge in [0.2, 0.25) is 0 Å². The fourth-order valence-corrected chi connectivity index (χ4v) is 2.10. The van der Waals surface area contributed by atoms with Crippen LogP contribution < -0.4 is 16.6 Å². The minimum Gasteiger partial charge on any atom is -0.321 e. The maximum absolute atomic E-state index is 13.5. The minimum absolute atomic E-state index is 0.0681. The second-order valence-electron chi connectivity index (χ2n) is 3.89. The van der Waals surface area contributed by atoms with Gasteiger partial charge in [-0.1, -0.05) is 29.3 Å². The van der Waals surface area contributed by atoms with Crippen LogP contribution in [0.4, 0.5) is 15.8 Å². The SMILES string of the molecule is NNc1c(F)cccc1C(=O)Nc1ccc(Cl)cc1Cl. The summed E-state index contributed by atoms with van der Waals surface area (Å²) in [5.74, 6) is 4.06. The lowest BCUT2D eigenvalue weighted by Crippen LogP contribution is -2.18. The molecule has 0 spiro atoms. The second-order valence-corrected chi connectivity index (χ2v) is 4.73. The van der Waals surface area contributed by atoms with Gasteiger partial charge in [-0.3, -0.25) is 10.6 Å². The Morgan fingerprint density at radius 2 is 1.95 bits per heavy atom. The molecule has 4 nitrogen and oxygen atoms in total. The number of carbonyl (C=O) groups is 1. The highest BCUT2D eigenvalue weighted by molar-refractivity contribution is 6.36. The minimum atomic E-state index is -0.623. The van der Waals surface area contributed by atoms with Gasteiger partial charge in [0.15, 0.2) is 0 Å². The van der Waals surface area contributed by atoms with Crippen LogP contribution in [0.3, 0.4) is 0 Å². The van der Waals surface area contributed by atoms with Gasteiger partial charge in [0, 0.05) is 5.02 Å². The summed E-state index contributed by atoms with van der Waals surface area (Å²) in [7, 11) is 0. The van der Waals surface area contributed by atoms with E-state index in [9.17, 15) is 9.18 Å². The second kappa shape index (κ2) is 6.09. The normalized spacial score (nSPS) is 10.2. The summed E-state index contributed by atoms with van der Waals surface area (Å²) in [6, 6.07) is 8.67. The van der Waals surface area contributed by atoms with Gasteiger partial charge in [-0.05, 0) is 30.3 Å². The van der Waals surface area contributed by atoms with Crippen molar-refractivity contribution in [1.82, 2.24) is 0 Å². The van der Waals surface area contributed by atoms with E-state index in [0.717, 1.165) is 0 Å². The fourth-order valence-electron chi connectivity index (χ4n) is 1.64. The molecule has 2 aromatic rings. The van der Waals surface area contributed by atoms with E-state index in [0.29, 0.717) is 10.7 Å². The number of amides is 1. The summed E-state index contributed by atoms with van der Waals surface area (Å²) in [4.78, 5) is 12.1. The summed E-state index contributed by atoms with van der Waals surface area (Å²) in [5.41, 5.74) is 2.51. The van der Waals surface area contributed by atoms with Gasteiger partial charge in [0.25, 0.3) is 5.91 Å². The molecule has 0 bridgehead atoms. The van der Waals surface area contributed by atoms with E-state index in [1.165, 1.54) is 24.3 Å². The first-order valence-electron chi connectivity index (χ1n) is 5.54. The predicted molar refractivity (Wildman–Crippen MR) is 78.6 cm³/mol. The van der Waals surface area contributed by atoms with Gasteiger partial charge in [0.05, 0.1) is 22.0 Å². The predicted octanol–water partition coefficient (Wildman–Crippen LogP) is 3.67. The van der Waals surface area contributed by atoms with Crippen molar-refractivity contribution in [1.29, 1.82) is 0 Å². The molecular formula is C13H10Cl2FN3O. The first-order chi connectivity index (χ1) is 9.52. The van der Waals surface area contributed by atoms with E-state index in [4.69, 9.17) is 29.0 Å². The van der Waals surface area contributed by atoms with Gasteiger partial charge >= 0.3 is 0 Å². The Balaban J connectivity index is 2.31. The lowest BCUT2D eigenvalue weighted by molar-refractivity contribution is 0.102. The number of benzene rings is 2. The lowest BCUT2D eigenvalue weighted by atomic mass is 10.1. The van der Waals surface area contributed by atoms with Crippen LogP contribution in [0.1, 0.15) is 10.4 Å². The number of carbonyl (C=O) groups excluding carboxylic acids is 1. The molecule has 0 fully saturated rings. The van der Waals surface area contributed by atoms with Crippen molar-refractivity contribution in [3.63, 3.8) is 0 Å². The van der Waals surface area contributed by atoms with Gasteiger partial charge in [-0.15, -0.1) is 0 Å². The first kappa shape index (κ1) is 14.6. The van der Waals surface area contributed by atoms with Crippen LogP contribution in [0.25, 0.3) is 0 Å². The first-order valence-corrected chi connectivity index (χ1v) is 6.30. The zero-order valence-corrected chi connectivity index (χ0v) is 11.6. The highest BCUT2D eigenvalue weighted by Gasteiger charge is 2.15. The lowest BCUT2D eigenvalue weighted by Gasteiger charge is -2.11. The number of nitrogens with one attached hydrogen (secondary N) is 2. The van der Waals surface area contributed by atoms with E-state index in [1.807, 2.05) is 0 Å². The van der Waals surface area contributed by atoms with Gasteiger partial charge in [-0.25, -0.2) is 4.39 Å². The number of halogens is 3. The molecule has 7 heteroatoms. The Hall–Kier alpha value is -1.82. The molecule has 0 aliphatic carbocycles. The average molecular weight is 314 g/mol. The molecule has 0 saturated heterocycles. The zero-order chi connectivity index (χ0) is 14.7. The molecule has 1 amide bonds. The Labute approximate surface area is 124 Å². The molecule has 0 heterocycles. The molecule has 2 aromatic carbocycles. The highest BCUT2D eigenvalue weighted by atomic mass is 35.5. The Bertz CT molecular complexity index is 664. The zero-order valence-electron chi connectivity index (χ0n) is 10.1. The standard InChI is InChI=1S/C13H10Cl2FN3O/c14-7-4-5-11(9(15)6-7)18-13(20)8-2-1-3-10(16)12(8)19-17/h1-6,19H,17H2,(H,18,20). The van der Waals surface area contributed by atoms with E-state index in [2.05, 4.69) is 10.7 Å². The topological polar surface area (TPSA) is 67.1 Å². The molecule has 2 rings (SSSR count). The number of hydrogen-bond donors (Lipinski definition) is 3. The molecule has 0 atom stereocenters. The summed E-state index contributed by atoms with van der Waals surface area (Å²) < 4.78 is 13.5. The van der Waals surface area contributed by atoms with Crippen LogP contribution >= 0.6 is 23.2 Å². The van der Waals surface area contributed by atoms with Gasteiger partial charge < -0.3 is 10.7 Å². The van der Waals surface area contributed by atoms with Crippen LogP contribution in [0, 0.1) is 5.82 Å². The number of para-hydroxylation sites is 1. The summed E-state index contributed by atoms with van der Waals surface area (Å²) in [6.45, 7) is 0. The van der Waals surface area contributed by atoms with Crippen molar-refractivity contribution in [2.24, 2.45) is 5.84 Å². The number of hydrogen-bond acceptors (Lipinski definition) is 3. The van der Waals surface area contributed by atoms with Gasteiger partial charge in [0.1, 0.15) is 5.82 Å². The molecule has 0 aromatic heterocycles. The Morgan fingerprint density at radius 1 is 1.20 bits per heavy atom. The third-order valence-electron chi connectivity index (χ3n) is 2.58. The molecule has 0 saturated carbocycles. The Morgan fingerprint density at radius 3 is 2.60 bits per heavy atom. The Kier molecular flexibility index (Phi) is 4.44. The monoisotopic (exact) mass is 313 g/mol. The fraction of sp³-hybridized carbons (Fsp3) is 0. The largest absolute Gasteiger partial charge is 0.321 e. The van der Waals surface area contributed by atoms with Crippen LogP contribution in [-0.4, -0.2) is 5.91 Å². The molecule has 0 aliphatic rings. The van der Waals surface area contributed by atoms with E-state index >= 15 is 0 Å². The van der Waals surface area contributed by atoms with Crippen molar-refractivity contribution < 1.29 is 9.18 Å². The summed E-state index contributed by atoms with van der Waals surface area (Å²) in [5, 5.41) is 3.29. The maximum Gasteiger partial charge on any atom is 0.257 e. The molecule has 4 N–H and O–H groups in total. The van der Waals surface area contributed by atoms with Crippen molar-refractivity contribution in [2.75, 3.05) is 10.7 Å². The summed E-state index contributed by atoms with van der Waals surface area (Å²) >= 11 is 11.7. The molecule has 104 valence electrons. The van der Waals surface area contributed by atoms with E-state index in [1.54, 1.807) is 12.1 Å². The van der Waals surface area contributed by atoms with Crippen LogP contribution in [-0.2, 0) is 0 Å². The maximum atomic E-state index is 13.5. The summed E-state index contributed by atoms with van der Waals surface area (Å²) in [6.07, 6.45) is 0. The van der Waals surface area contributed by atoms with Crippen LogP contribution in [0.15, 0.2) is 36.4 Å².